The van der Waals surface area contributed by atoms with E-state index in [9.17, 15) is 9.50 Å². The highest BCUT2D eigenvalue weighted by molar-refractivity contribution is 5.29. The summed E-state index contributed by atoms with van der Waals surface area (Å²) < 4.78 is 13.2. The van der Waals surface area contributed by atoms with Crippen molar-refractivity contribution in [3.63, 3.8) is 0 Å². The number of rotatable bonds is 3. The van der Waals surface area contributed by atoms with Crippen molar-refractivity contribution < 1.29 is 9.50 Å². The molecule has 1 N–H and O–H groups in total. The second-order valence-electron chi connectivity index (χ2n) is 8.14. The first-order valence-corrected chi connectivity index (χ1v) is 8.47. The van der Waals surface area contributed by atoms with Crippen molar-refractivity contribution in [1.29, 1.82) is 0 Å². The molecule has 114 valence electrons. The Morgan fingerprint density at radius 3 is 2.24 bits per heavy atom. The third-order valence-electron chi connectivity index (χ3n) is 6.38. The number of aliphatic hydroxyl groups is 1. The first kappa shape index (κ1) is 13.8. The number of hydrogen-bond donors (Lipinski definition) is 1. The molecule has 4 bridgehead atoms. The average molecular weight is 288 g/mol. The molecule has 1 aromatic rings. The summed E-state index contributed by atoms with van der Waals surface area (Å²) in [5, 5.41) is 10.7. The Hall–Kier alpha value is -0.890. The topological polar surface area (TPSA) is 20.2 Å². The highest BCUT2D eigenvalue weighted by atomic mass is 19.1. The van der Waals surface area contributed by atoms with Crippen LogP contribution in [0.3, 0.4) is 0 Å². The molecule has 1 aromatic carbocycles. The molecule has 4 fully saturated rings. The van der Waals surface area contributed by atoms with Crippen molar-refractivity contribution in [2.24, 2.45) is 23.2 Å². The lowest BCUT2D eigenvalue weighted by Gasteiger charge is -2.57. The Balaban J connectivity index is 1.55. The van der Waals surface area contributed by atoms with E-state index in [0.29, 0.717) is 5.41 Å². The SMILES string of the molecule is Cc1cc(F)ccc1C(O)CC12CC3CC(CC(C3)C1)C2. The van der Waals surface area contributed by atoms with Crippen molar-refractivity contribution in [1.82, 2.24) is 0 Å². The molecule has 0 heterocycles. The van der Waals surface area contributed by atoms with Gasteiger partial charge < -0.3 is 5.11 Å². The van der Waals surface area contributed by atoms with Crippen LogP contribution in [0.5, 0.6) is 0 Å². The van der Waals surface area contributed by atoms with Crippen LogP contribution in [-0.4, -0.2) is 5.11 Å². The fourth-order valence-corrected chi connectivity index (χ4v) is 6.07. The molecule has 1 atom stereocenters. The van der Waals surface area contributed by atoms with Crippen LogP contribution in [0.25, 0.3) is 0 Å². The van der Waals surface area contributed by atoms with Crippen molar-refractivity contribution in [3.05, 3.63) is 35.1 Å². The Bertz CT molecular complexity index is 515. The minimum atomic E-state index is -0.429. The average Bonchev–Trinajstić information content (AvgIpc) is 2.35. The molecule has 0 aromatic heterocycles. The van der Waals surface area contributed by atoms with Crippen LogP contribution < -0.4 is 0 Å². The van der Waals surface area contributed by atoms with Crippen molar-refractivity contribution in [2.45, 2.75) is 58.0 Å². The third kappa shape index (κ3) is 2.42. The molecule has 0 saturated heterocycles. The molecular weight excluding hydrogens is 263 g/mol. The number of halogens is 1. The highest BCUT2D eigenvalue weighted by Gasteiger charge is 2.51. The van der Waals surface area contributed by atoms with E-state index in [4.69, 9.17) is 0 Å². The molecule has 0 radical (unpaired) electrons. The normalized spacial score (nSPS) is 38.7. The number of hydrogen-bond acceptors (Lipinski definition) is 1. The lowest BCUT2D eigenvalue weighted by atomic mass is 9.48. The maximum absolute atomic E-state index is 13.2. The number of benzene rings is 1. The summed E-state index contributed by atoms with van der Waals surface area (Å²) >= 11 is 0. The minimum absolute atomic E-state index is 0.210. The maximum Gasteiger partial charge on any atom is 0.123 e. The molecule has 4 saturated carbocycles. The van der Waals surface area contributed by atoms with E-state index in [2.05, 4.69) is 0 Å². The van der Waals surface area contributed by atoms with Crippen LogP contribution in [0.1, 0.15) is 62.2 Å². The Morgan fingerprint density at radius 2 is 1.71 bits per heavy atom. The summed E-state index contributed by atoms with van der Waals surface area (Å²) in [4.78, 5) is 0. The molecule has 4 aliphatic rings. The smallest absolute Gasteiger partial charge is 0.123 e. The summed E-state index contributed by atoms with van der Waals surface area (Å²) in [6.45, 7) is 1.90. The second-order valence-corrected chi connectivity index (χ2v) is 8.14. The summed E-state index contributed by atoms with van der Waals surface area (Å²) in [7, 11) is 0. The van der Waals surface area contributed by atoms with Gasteiger partial charge in [-0.05, 0) is 98.3 Å². The summed E-state index contributed by atoms with van der Waals surface area (Å²) in [6.07, 6.45) is 8.70. The zero-order valence-electron chi connectivity index (χ0n) is 12.8. The maximum atomic E-state index is 13.2. The summed E-state index contributed by atoms with van der Waals surface area (Å²) in [6, 6.07) is 4.79. The van der Waals surface area contributed by atoms with E-state index in [1.807, 2.05) is 6.92 Å². The van der Waals surface area contributed by atoms with Gasteiger partial charge in [-0.2, -0.15) is 0 Å². The van der Waals surface area contributed by atoms with Gasteiger partial charge in [0.05, 0.1) is 6.10 Å². The predicted molar refractivity (Wildman–Crippen MR) is 81.3 cm³/mol. The zero-order valence-corrected chi connectivity index (χ0v) is 12.8. The van der Waals surface area contributed by atoms with Gasteiger partial charge in [0.2, 0.25) is 0 Å². The first-order chi connectivity index (χ1) is 10.0. The summed E-state index contributed by atoms with van der Waals surface area (Å²) in [5.41, 5.74) is 2.18. The minimum Gasteiger partial charge on any atom is -0.388 e. The largest absolute Gasteiger partial charge is 0.388 e. The molecule has 2 heteroatoms. The van der Waals surface area contributed by atoms with Gasteiger partial charge in [0, 0.05) is 0 Å². The monoisotopic (exact) mass is 288 g/mol. The van der Waals surface area contributed by atoms with Crippen LogP contribution >= 0.6 is 0 Å². The van der Waals surface area contributed by atoms with Crippen molar-refractivity contribution >= 4 is 0 Å². The molecular formula is C19H25FO. The van der Waals surface area contributed by atoms with Crippen LogP contribution in [-0.2, 0) is 0 Å². The van der Waals surface area contributed by atoms with E-state index in [1.165, 1.54) is 50.7 Å². The first-order valence-electron chi connectivity index (χ1n) is 8.47. The predicted octanol–water partition coefficient (Wildman–Crippen LogP) is 4.77. The summed E-state index contributed by atoms with van der Waals surface area (Å²) in [5.74, 6) is 2.53. The quantitative estimate of drug-likeness (QED) is 0.849. The van der Waals surface area contributed by atoms with Crippen LogP contribution in [0.4, 0.5) is 4.39 Å². The van der Waals surface area contributed by atoms with E-state index in [0.717, 1.165) is 35.3 Å². The lowest BCUT2D eigenvalue weighted by molar-refractivity contribution is -0.0764. The fourth-order valence-electron chi connectivity index (χ4n) is 6.07. The standard InChI is InChI=1S/C19H25FO/c1-12-4-16(20)2-3-17(12)18(21)11-19-8-13-5-14(9-19)7-15(6-13)10-19/h2-4,13-15,18,21H,5-11H2,1H3. The molecule has 0 amide bonds. The zero-order chi connectivity index (χ0) is 14.6. The van der Waals surface area contributed by atoms with Gasteiger partial charge >= 0.3 is 0 Å². The number of aryl methyl sites for hydroxylation is 1. The Kier molecular flexibility index (Phi) is 3.15. The van der Waals surface area contributed by atoms with Crippen molar-refractivity contribution in [3.8, 4) is 0 Å². The Morgan fingerprint density at radius 1 is 1.14 bits per heavy atom. The Labute approximate surface area is 126 Å². The van der Waals surface area contributed by atoms with Gasteiger partial charge in [-0.1, -0.05) is 6.07 Å². The van der Waals surface area contributed by atoms with Gasteiger partial charge in [-0.15, -0.1) is 0 Å². The second kappa shape index (κ2) is 4.81. The van der Waals surface area contributed by atoms with Gasteiger partial charge in [0.25, 0.3) is 0 Å². The molecule has 0 aliphatic heterocycles. The van der Waals surface area contributed by atoms with Gasteiger partial charge in [0.15, 0.2) is 0 Å². The molecule has 1 nitrogen and oxygen atoms in total. The van der Waals surface area contributed by atoms with E-state index < -0.39 is 6.10 Å². The number of aliphatic hydroxyl groups excluding tert-OH is 1. The van der Waals surface area contributed by atoms with Crippen LogP contribution in [0.15, 0.2) is 18.2 Å². The van der Waals surface area contributed by atoms with Gasteiger partial charge in [-0.25, -0.2) is 4.39 Å². The van der Waals surface area contributed by atoms with Crippen molar-refractivity contribution in [2.75, 3.05) is 0 Å². The van der Waals surface area contributed by atoms with Crippen LogP contribution in [0.2, 0.25) is 0 Å². The van der Waals surface area contributed by atoms with E-state index >= 15 is 0 Å². The van der Waals surface area contributed by atoms with Gasteiger partial charge in [-0.3, -0.25) is 0 Å². The fraction of sp³-hybridized carbons (Fsp3) is 0.684. The van der Waals surface area contributed by atoms with Crippen LogP contribution in [0, 0.1) is 35.9 Å². The highest BCUT2D eigenvalue weighted by Crippen LogP contribution is 2.62. The van der Waals surface area contributed by atoms with Gasteiger partial charge in [0.1, 0.15) is 5.82 Å². The molecule has 0 spiro atoms. The third-order valence-corrected chi connectivity index (χ3v) is 6.38. The molecule has 1 unspecified atom stereocenters. The van der Waals surface area contributed by atoms with E-state index in [1.54, 1.807) is 6.07 Å². The van der Waals surface area contributed by atoms with E-state index in [-0.39, 0.29) is 5.82 Å². The molecule has 21 heavy (non-hydrogen) atoms. The molecule has 5 rings (SSSR count). The lowest BCUT2D eigenvalue weighted by Crippen LogP contribution is -2.46. The molecule has 4 aliphatic carbocycles.